The summed E-state index contributed by atoms with van der Waals surface area (Å²) in [6, 6.07) is 9.43. The lowest BCUT2D eigenvalue weighted by molar-refractivity contribution is -0.123. The molecule has 0 radical (unpaired) electrons. The van der Waals surface area contributed by atoms with Crippen LogP contribution in [0, 0.1) is 11.8 Å². The van der Waals surface area contributed by atoms with Gasteiger partial charge in [-0.15, -0.1) is 0 Å². The van der Waals surface area contributed by atoms with Crippen LogP contribution in [0.15, 0.2) is 30.3 Å². The number of aromatic carboxylic acids is 1. The molecule has 3 aliphatic rings. The number of pyridine rings is 1. The van der Waals surface area contributed by atoms with Crippen LogP contribution in [0.2, 0.25) is 0 Å². The molecule has 4 N–H and O–H groups in total. The van der Waals surface area contributed by atoms with E-state index in [1.807, 2.05) is 24.3 Å². The van der Waals surface area contributed by atoms with Crippen molar-refractivity contribution in [1.29, 1.82) is 0 Å². The van der Waals surface area contributed by atoms with Crippen LogP contribution in [0.5, 0.6) is 0 Å². The number of hydrogen-bond donors (Lipinski definition) is 4. The van der Waals surface area contributed by atoms with E-state index < -0.39 is 5.97 Å². The second-order valence-corrected chi connectivity index (χ2v) is 8.84. The molecule has 10 nitrogen and oxygen atoms in total. The van der Waals surface area contributed by atoms with Crippen molar-refractivity contribution in [2.24, 2.45) is 11.8 Å². The Morgan fingerprint density at radius 2 is 1.59 bits per heavy atom. The van der Waals surface area contributed by atoms with Crippen LogP contribution in [-0.2, 0) is 9.59 Å². The number of aliphatic hydroxyl groups excluding tert-OH is 1. The standard InChI is InChI=1S/C22H27N3O3.2CH2O2/c26-20-10-15-13-25(12-14(15)9-19(20)24-7-3-4-8-24)21-11-17(22(27)28)16-5-1-2-6-18(16)23-21;2*2-1-3/h1-2,5-6,11,14-15,19-20,26H,3-4,7-10,12-13H2,(H,27,28);2*1H,(H,2,3)/t14-,15+,19-,20-;;/m1../s1. The van der Waals surface area contributed by atoms with Gasteiger partial charge in [-0.05, 0) is 62.7 Å². The van der Waals surface area contributed by atoms with Gasteiger partial charge in [0.15, 0.2) is 0 Å². The molecule has 1 aromatic carbocycles. The summed E-state index contributed by atoms with van der Waals surface area (Å²) >= 11 is 0. The molecule has 2 aliphatic heterocycles. The second-order valence-electron chi connectivity index (χ2n) is 8.84. The lowest BCUT2D eigenvalue weighted by Gasteiger charge is -2.40. The highest BCUT2D eigenvalue weighted by Crippen LogP contribution is 2.40. The predicted molar refractivity (Wildman–Crippen MR) is 125 cm³/mol. The number of carboxylic acid groups (broad SMARTS) is 3. The smallest absolute Gasteiger partial charge is 0.336 e. The van der Waals surface area contributed by atoms with Gasteiger partial charge in [0.2, 0.25) is 0 Å². The van der Waals surface area contributed by atoms with Crippen molar-refractivity contribution in [3.8, 4) is 0 Å². The molecule has 5 rings (SSSR count). The van der Waals surface area contributed by atoms with Gasteiger partial charge in [-0.3, -0.25) is 14.5 Å². The molecule has 34 heavy (non-hydrogen) atoms. The average Bonchev–Trinajstić information content (AvgIpc) is 3.48. The van der Waals surface area contributed by atoms with Crippen molar-refractivity contribution in [1.82, 2.24) is 9.88 Å². The highest BCUT2D eigenvalue weighted by atomic mass is 16.4. The van der Waals surface area contributed by atoms with Crippen LogP contribution >= 0.6 is 0 Å². The Morgan fingerprint density at radius 1 is 1.00 bits per heavy atom. The number of fused-ring (bicyclic) bond motifs is 2. The van der Waals surface area contributed by atoms with Crippen LogP contribution < -0.4 is 4.90 Å². The number of benzene rings is 1. The Morgan fingerprint density at radius 3 is 2.21 bits per heavy atom. The summed E-state index contributed by atoms with van der Waals surface area (Å²) in [5.74, 6) is 0.824. The molecule has 1 aliphatic carbocycles. The van der Waals surface area contributed by atoms with Crippen molar-refractivity contribution in [3.63, 3.8) is 0 Å². The Hall–Kier alpha value is -3.24. The van der Waals surface area contributed by atoms with E-state index in [9.17, 15) is 15.0 Å². The molecule has 10 heteroatoms. The minimum atomic E-state index is -0.916. The van der Waals surface area contributed by atoms with Gasteiger partial charge in [0.1, 0.15) is 5.82 Å². The normalized spacial score (nSPS) is 26.0. The largest absolute Gasteiger partial charge is 0.483 e. The summed E-state index contributed by atoms with van der Waals surface area (Å²) < 4.78 is 0. The van der Waals surface area contributed by atoms with Crippen molar-refractivity contribution in [3.05, 3.63) is 35.9 Å². The molecule has 184 valence electrons. The van der Waals surface area contributed by atoms with Crippen LogP contribution in [-0.4, -0.2) is 87.5 Å². The van der Waals surface area contributed by atoms with Crippen LogP contribution in [0.1, 0.15) is 36.0 Å². The summed E-state index contributed by atoms with van der Waals surface area (Å²) in [4.78, 5) is 38.0. The van der Waals surface area contributed by atoms with E-state index in [-0.39, 0.29) is 25.1 Å². The monoisotopic (exact) mass is 473 g/mol. The minimum absolute atomic E-state index is 0.250. The Kier molecular flexibility index (Phi) is 8.78. The highest BCUT2D eigenvalue weighted by molar-refractivity contribution is 6.03. The summed E-state index contributed by atoms with van der Waals surface area (Å²) in [6.45, 7) is 3.46. The summed E-state index contributed by atoms with van der Waals surface area (Å²) in [7, 11) is 0. The first-order chi connectivity index (χ1) is 16.4. The quantitative estimate of drug-likeness (QED) is 0.487. The Labute approximate surface area is 197 Å². The SMILES string of the molecule is O=C(O)c1cc(N2C[C@H]3C[C@@H](N4CCCC4)[C@H](O)C[C@H]3C2)nc2ccccc12.O=CO.O=CO. The molecule has 3 heterocycles. The number of carbonyl (C=O) groups is 3. The first kappa shape index (κ1) is 25.4. The number of aromatic nitrogens is 1. The third kappa shape index (κ3) is 5.63. The summed E-state index contributed by atoms with van der Waals surface area (Å²) in [6.07, 6.45) is 4.09. The number of aliphatic hydroxyl groups is 1. The average molecular weight is 474 g/mol. The van der Waals surface area contributed by atoms with Crippen molar-refractivity contribution in [2.45, 2.75) is 37.8 Å². The van der Waals surface area contributed by atoms with Gasteiger partial charge in [-0.25, -0.2) is 9.78 Å². The van der Waals surface area contributed by atoms with E-state index in [4.69, 9.17) is 24.8 Å². The number of carboxylic acids is 1. The van der Waals surface area contributed by atoms with Gasteiger partial charge in [-0.1, -0.05) is 18.2 Å². The molecular formula is C24H31N3O7. The molecule has 1 saturated carbocycles. The zero-order valence-electron chi connectivity index (χ0n) is 18.9. The van der Waals surface area contributed by atoms with Crippen LogP contribution in [0.3, 0.4) is 0 Å². The lowest BCUT2D eigenvalue weighted by atomic mass is 9.77. The van der Waals surface area contributed by atoms with E-state index in [2.05, 4.69) is 9.80 Å². The lowest BCUT2D eigenvalue weighted by Crippen LogP contribution is -2.48. The summed E-state index contributed by atoms with van der Waals surface area (Å²) in [5.41, 5.74) is 1.03. The number of rotatable bonds is 3. The zero-order chi connectivity index (χ0) is 24.7. The maximum Gasteiger partial charge on any atom is 0.336 e. The molecule has 2 aromatic rings. The molecule has 0 bridgehead atoms. The van der Waals surface area contributed by atoms with E-state index in [0.29, 0.717) is 22.8 Å². The molecule has 0 spiro atoms. The van der Waals surface area contributed by atoms with Gasteiger partial charge >= 0.3 is 5.97 Å². The predicted octanol–water partition coefficient (Wildman–Crippen LogP) is 2.01. The fourth-order valence-corrected chi connectivity index (χ4v) is 5.56. The zero-order valence-corrected chi connectivity index (χ0v) is 18.9. The third-order valence-electron chi connectivity index (χ3n) is 6.98. The minimum Gasteiger partial charge on any atom is -0.483 e. The maximum absolute atomic E-state index is 11.8. The van der Waals surface area contributed by atoms with E-state index in [1.165, 1.54) is 12.8 Å². The fraction of sp³-hybridized carbons (Fsp3) is 0.500. The van der Waals surface area contributed by atoms with Gasteiger partial charge in [0, 0.05) is 24.5 Å². The van der Waals surface area contributed by atoms with Crippen molar-refractivity contribution in [2.75, 3.05) is 31.1 Å². The number of para-hydroxylation sites is 1. The molecule has 3 fully saturated rings. The number of anilines is 1. The van der Waals surface area contributed by atoms with Crippen molar-refractivity contribution >= 4 is 35.6 Å². The fourth-order valence-electron chi connectivity index (χ4n) is 5.56. The number of nitrogens with zero attached hydrogens (tertiary/aromatic N) is 3. The van der Waals surface area contributed by atoms with E-state index in [0.717, 1.165) is 50.4 Å². The van der Waals surface area contributed by atoms with Crippen LogP contribution in [0.25, 0.3) is 10.9 Å². The molecular weight excluding hydrogens is 442 g/mol. The molecule has 0 amide bonds. The van der Waals surface area contributed by atoms with Gasteiger partial charge < -0.3 is 25.3 Å². The Bertz CT molecular complexity index is 990. The molecule has 1 aromatic heterocycles. The first-order valence-corrected chi connectivity index (χ1v) is 11.4. The third-order valence-corrected chi connectivity index (χ3v) is 6.98. The Balaban J connectivity index is 0.000000492. The van der Waals surface area contributed by atoms with Crippen molar-refractivity contribution < 1.29 is 34.8 Å². The molecule has 2 saturated heterocycles. The first-order valence-electron chi connectivity index (χ1n) is 11.4. The summed E-state index contributed by atoms with van der Waals surface area (Å²) in [5, 5.41) is 34.9. The highest BCUT2D eigenvalue weighted by Gasteiger charge is 2.44. The van der Waals surface area contributed by atoms with Gasteiger partial charge in [0.25, 0.3) is 12.9 Å². The van der Waals surface area contributed by atoms with Gasteiger partial charge in [0.05, 0.1) is 17.2 Å². The van der Waals surface area contributed by atoms with Gasteiger partial charge in [-0.2, -0.15) is 0 Å². The van der Waals surface area contributed by atoms with Crippen LogP contribution in [0.4, 0.5) is 5.82 Å². The number of hydrogen-bond acceptors (Lipinski definition) is 7. The number of likely N-dealkylation sites (tertiary alicyclic amines) is 1. The maximum atomic E-state index is 11.8. The van der Waals surface area contributed by atoms with E-state index in [1.54, 1.807) is 6.07 Å². The second kappa shape index (κ2) is 11.8. The molecule has 4 atom stereocenters. The molecule has 0 unspecified atom stereocenters. The van der Waals surface area contributed by atoms with E-state index >= 15 is 0 Å². The topological polar surface area (TPSA) is 152 Å².